The Labute approximate surface area is 92.9 Å². The van der Waals surface area contributed by atoms with Crippen LogP contribution in [0, 0.1) is 6.92 Å². The van der Waals surface area contributed by atoms with Crippen LogP contribution < -0.4 is 11.1 Å². The van der Waals surface area contributed by atoms with Crippen molar-refractivity contribution in [1.82, 2.24) is 9.78 Å². The maximum Gasteiger partial charge on any atom is 0.317 e. The molecule has 0 aliphatic rings. The minimum atomic E-state index is -0.613. The molecular formula is C11H12N4O. The van der Waals surface area contributed by atoms with Gasteiger partial charge in [-0.2, -0.15) is 0 Å². The lowest BCUT2D eigenvalue weighted by atomic mass is 10.3. The molecule has 1 aromatic heterocycles. The Morgan fingerprint density at radius 3 is 2.69 bits per heavy atom. The number of urea groups is 1. The Morgan fingerprint density at radius 2 is 2.06 bits per heavy atom. The number of nitrogens with two attached hydrogens (primary N) is 1. The Morgan fingerprint density at radius 1 is 1.38 bits per heavy atom. The van der Waals surface area contributed by atoms with Crippen LogP contribution in [-0.2, 0) is 0 Å². The van der Waals surface area contributed by atoms with Crippen molar-refractivity contribution in [1.29, 1.82) is 0 Å². The molecule has 0 spiro atoms. The summed E-state index contributed by atoms with van der Waals surface area (Å²) in [5.41, 5.74) is 6.89. The van der Waals surface area contributed by atoms with Crippen LogP contribution in [0.4, 0.5) is 10.6 Å². The number of benzene rings is 1. The predicted octanol–water partition coefficient (Wildman–Crippen LogP) is 1.67. The Bertz CT molecular complexity index is 504. The third-order valence-electron chi connectivity index (χ3n) is 2.14. The molecule has 0 atom stereocenters. The van der Waals surface area contributed by atoms with E-state index in [2.05, 4.69) is 10.4 Å². The Kier molecular flexibility index (Phi) is 2.59. The van der Waals surface area contributed by atoms with Gasteiger partial charge in [0.25, 0.3) is 0 Å². The van der Waals surface area contributed by atoms with E-state index in [0.29, 0.717) is 5.82 Å². The fourth-order valence-electron chi connectivity index (χ4n) is 1.49. The highest BCUT2D eigenvalue weighted by Gasteiger charge is 2.06. The van der Waals surface area contributed by atoms with E-state index in [-0.39, 0.29) is 0 Å². The van der Waals surface area contributed by atoms with E-state index < -0.39 is 6.03 Å². The van der Waals surface area contributed by atoms with Crippen LogP contribution in [0.2, 0.25) is 0 Å². The second kappa shape index (κ2) is 4.06. The van der Waals surface area contributed by atoms with Gasteiger partial charge in [0.1, 0.15) is 0 Å². The van der Waals surface area contributed by atoms with Crippen LogP contribution in [-0.4, -0.2) is 15.8 Å². The van der Waals surface area contributed by atoms with Crippen LogP contribution in [0.3, 0.4) is 0 Å². The number of aryl methyl sites for hydroxylation is 1. The zero-order chi connectivity index (χ0) is 11.5. The third-order valence-corrected chi connectivity index (χ3v) is 2.14. The highest BCUT2D eigenvalue weighted by atomic mass is 16.2. The zero-order valence-electron chi connectivity index (χ0n) is 8.84. The van der Waals surface area contributed by atoms with Gasteiger partial charge in [0.05, 0.1) is 5.69 Å². The van der Waals surface area contributed by atoms with E-state index in [0.717, 1.165) is 11.4 Å². The molecule has 2 rings (SSSR count). The van der Waals surface area contributed by atoms with Crippen molar-refractivity contribution in [3.8, 4) is 5.69 Å². The van der Waals surface area contributed by atoms with Crippen LogP contribution in [0.15, 0.2) is 36.4 Å². The fraction of sp³-hybridized carbons (Fsp3) is 0.0909. The number of nitrogens with one attached hydrogen (secondary N) is 1. The second-order valence-corrected chi connectivity index (χ2v) is 3.41. The monoisotopic (exact) mass is 216 g/mol. The van der Waals surface area contributed by atoms with Crippen molar-refractivity contribution in [2.45, 2.75) is 6.92 Å². The van der Waals surface area contributed by atoms with Gasteiger partial charge in [-0.3, -0.25) is 5.32 Å². The quantitative estimate of drug-likeness (QED) is 0.801. The molecule has 0 saturated carbocycles. The standard InChI is InChI=1S/C11H12N4O/c1-8-7-10(13-11(12)16)14-15(8)9-5-3-2-4-6-9/h2-7H,1H3,(H3,12,13,14,16). The van der Waals surface area contributed by atoms with Gasteiger partial charge in [0.2, 0.25) is 0 Å². The first-order chi connectivity index (χ1) is 7.66. The van der Waals surface area contributed by atoms with Crippen LogP contribution in [0.1, 0.15) is 5.69 Å². The summed E-state index contributed by atoms with van der Waals surface area (Å²) in [6, 6.07) is 10.8. The van der Waals surface area contributed by atoms with Gasteiger partial charge in [0, 0.05) is 11.8 Å². The molecule has 0 saturated heterocycles. The number of hydrogen-bond donors (Lipinski definition) is 2. The molecule has 0 bridgehead atoms. The summed E-state index contributed by atoms with van der Waals surface area (Å²) < 4.78 is 1.74. The molecule has 5 heteroatoms. The van der Waals surface area contributed by atoms with Gasteiger partial charge in [-0.1, -0.05) is 18.2 Å². The number of rotatable bonds is 2. The number of carbonyl (C=O) groups is 1. The van der Waals surface area contributed by atoms with Crippen LogP contribution in [0.25, 0.3) is 5.69 Å². The molecule has 16 heavy (non-hydrogen) atoms. The second-order valence-electron chi connectivity index (χ2n) is 3.41. The number of amides is 2. The molecule has 1 heterocycles. The van der Waals surface area contributed by atoms with Crippen molar-refractivity contribution in [3.05, 3.63) is 42.1 Å². The molecular weight excluding hydrogens is 204 g/mol. The lowest BCUT2D eigenvalue weighted by Gasteiger charge is -2.02. The normalized spacial score (nSPS) is 10.1. The number of anilines is 1. The fourth-order valence-corrected chi connectivity index (χ4v) is 1.49. The van der Waals surface area contributed by atoms with Crippen molar-refractivity contribution in [3.63, 3.8) is 0 Å². The van der Waals surface area contributed by atoms with E-state index >= 15 is 0 Å². The lowest BCUT2D eigenvalue weighted by molar-refractivity contribution is 0.259. The number of nitrogens with zero attached hydrogens (tertiary/aromatic N) is 2. The van der Waals surface area contributed by atoms with Crippen molar-refractivity contribution in [2.75, 3.05) is 5.32 Å². The van der Waals surface area contributed by atoms with E-state index in [1.165, 1.54) is 0 Å². The molecule has 0 aliphatic carbocycles. The van der Waals surface area contributed by atoms with Gasteiger partial charge in [-0.15, -0.1) is 5.10 Å². The summed E-state index contributed by atoms with van der Waals surface area (Å²) in [7, 11) is 0. The number of aromatic nitrogens is 2. The Balaban J connectivity index is 2.36. The molecule has 2 amide bonds. The van der Waals surface area contributed by atoms with E-state index in [1.807, 2.05) is 37.3 Å². The summed E-state index contributed by atoms with van der Waals surface area (Å²) in [6.07, 6.45) is 0. The maximum absolute atomic E-state index is 10.7. The SMILES string of the molecule is Cc1cc(NC(N)=O)nn1-c1ccccc1. The first-order valence-electron chi connectivity index (χ1n) is 4.85. The summed E-state index contributed by atoms with van der Waals surface area (Å²) in [5, 5.41) is 6.67. The molecule has 3 N–H and O–H groups in total. The number of hydrogen-bond acceptors (Lipinski definition) is 2. The predicted molar refractivity (Wildman–Crippen MR) is 61.5 cm³/mol. The van der Waals surface area contributed by atoms with Crippen molar-refractivity contribution in [2.24, 2.45) is 5.73 Å². The molecule has 0 unspecified atom stereocenters. The number of carbonyl (C=O) groups excluding carboxylic acids is 1. The molecule has 0 aliphatic heterocycles. The summed E-state index contributed by atoms with van der Waals surface area (Å²) >= 11 is 0. The zero-order valence-corrected chi connectivity index (χ0v) is 8.84. The molecule has 5 nitrogen and oxygen atoms in total. The van der Waals surface area contributed by atoms with Gasteiger partial charge in [-0.25, -0.2) is 9.48 Å². The molecule has 2 aromatic rings. The molecule has 0 radical (unpaired) electrons. The van der Waals surface area contributed by atoms with Gasteiger partial charge in [0.15, 0.2) is 5.82 Å². The first kappa shape index (κ1) is 10.2. The van der Waals surface area contributed by atoms with E-state index in [4.69, 9.17) is 5.73 Å². The Hall–Kier alpha value is -2.30. The summed E-state index contributed by atoms with van der Waals surface area (Å²) in [6.45, 7) is 1.91. The smallest absolute Gasteiger partial charge is 0.317 e. The minimum Gasteiger partial charge on any atom is -0.351 e. The lowest BCUT2D eigenvalue weighted by Crippen LogP contribution is -2.19. The first-order valence-corrected chi connectivity index (χ1v) is 4.85. The van der Waals surface area contributed by atoms with E-state index in [1.54, 1.807) is 10.7 Å². The van der Waals surface area contributed by atoms with Crippen molar-refractivity contribution < 1.29 is 4.79 Å². The minimum absolute atomic E-state index is 0.453. The summed E-state index contributed by atoms with van der Waals surface area (Å²) in [4.78, 5) is 10.7. The van der Waals surface area contributed by atoms with Gasteiger partial charge < -0.3 is 5.73 Å². The molecule has 1 aromatic carbocycles. The highest BCUT2D eigenvalue weighted by molar-refractivity contribution is 5.86. The average molecular weight is 216 g/mol. The van der Waals surface area contributed by atoms with E-state index in [9.17, 15) is 4.79 Å². The van der Waals surface area contributed by atoms with Crippen LogP contribution >= 0.6 is 0 Å². The van der Waals surface area contributed by atoms with Gasteiger partial charge >= 0.3 is 6.03 Å². The largest absolute Gasteiger partial charge is 0.351 e. The topological polar surface area (TPSA) is 72.9 Å². The molecule has 0 fully saturated rings. The number of primary amides is 1. The number of para-hydroxylation sites is 1. The third kappa shape index (κ3) is 2.03. The maximum atomic E-state index is 10.7. The van der Waals surface area contributed by atoms with Crippen LogP contribution in [0.5, 0.6) is 0 Å². The highest BCUT2D eigenvalue weighted by Crippen LogP contribution is 2.14. The van der Waals surface area contributed by atoms with Gasteiger partial charge in [-0.05, 0) is 19.1 Å². The van der Waals surface area contributed by atoms with Crippen molar-refractivity contribution >= 4 is 11.8 Å². The summed E-state index contributed by atoms with van der Waals surface area (Å²) in [5.74, 6) is 0.453. The average Bonchev–Trinajstić information content (AvgIpc) is 2.60. The molecule has 82 valence electrons.